The maximum atomic E-state index is 12.1. The Hall–Kier alpha value is -1.89. The number of aryl methyl sites for hydroxylation is 1. The van der Waals surface area contributed by atoms with Crippen molar-refractivity contribution in [1.29, 1.82) is 0 Å². The van der Waals surface area contributed by atoms with Crippen LogP contribution in [0, 0.1) is 18.8 Å². The molecule has 4 rings (SSSR count). The normalized spacial score (nSPS) is 25.1. The van der Waals surface area contributed by atoms with Crippen LogP contribution in [-0.4, -0.2) is 31.9 Å². The molecule has 7 heteroatoms. The molecule has 1 heterocycles. The van der Waals surface area contributed by atoms with Crippen molar-refractivity contribution in [3.05, 3.63) is 29.8 Å². The second-order valence-corrected chi connectivity index (χ2v) is 7.79. The van der Waals surface area contributed by atoms with Crippen LogP contribution in [-0.2, 0) is 4.79 Å². The molecular weight excluding hydrogens is 322 g/mol. The lowest BCUT2D eigenvalue weighted by Crippen LogP contribution is -2.19. The molecular formula is C17H21N5OS. The van der Waals surface area contributed by atoms with Crippen LogP contribution in [0.4, 0.5) is 5.69 Å². The Kier molecular flexibility index (Phi) is 4.26. The smallest absolute Gasteiger partial charge is 0.234 e. The molecule has 24 heavy (non-hydrogen) atoms. The van der Waals surface area contributed by atoms with Gasteiger partial charge in [-0.1, -0.05) is 35.9 Å². The molecule has 1 amide bonds. The van der Waals surface area contributed by atoms with Gasteiger partial charge in [-0.2, -0.15) is 0 Å². The highest BCUT2D eigenvalue weighted by Gasteiger charge is 2.42. The number of thioether (sulfide) groups is 1. The van der Waals surface area contributed by atoms with Crippen molar-refractivity contribution in [2.75, 3.05) is 11.1 Å². The van der Waals surface area contributed by atoms with E-state index >= 15 is 0 Å². The van der Waals surface area contributed by atoms with Crippen LogP contribution in [0.3, 0.4) is 0 Å². The Morgan fingerprint density at radius 3 is 2.83 bits per heavy atom. The number of carbonyl (C=O) groups is 1. The minimum Gasteiger partial charge on any atom is -0.325 e. The van der Waals surface area contributed by atoms with Crippen LogP contribution in [0.1, 0.15) is 37.3 Å². The number of benzene rings is 1. The summed E-state index contributed by atoms with van der Waals surface area (Å²) in [6, 6.07) is 8.21. The molecule has 0 radical (unpaired) electrons. The third kappa shape index (κ3) is 3.17. The Morgan fingerprint density at radius 1 is 1.29 bits per heavy atom. The lowest BCUT2D eigenvalue weighted by Gasteiger charge is -2.22. The van der Waals surface area contributed by atoms with Gasteiger partial charge in [-0.05, 0) is 60.6 Å². The number of hydrogen-bond donors (Lipinski definition) is 1. The molecule has 0 unspecified atom stereocenters. The molecule has 0 spiro atoms. The predicted molar refractivity (Wildman–Crippen MR) is 92.8 cm³/mol. The number of rotatable bonds is 5. The van der Waals surface area contributed by atoms with Crippen molar-refractivity contribution in [3.63, 3.8) is 0 Å². The Balaban J connectivity index is 1.35. The minimum atomic E-state index is -0.0358. The van der Waals surface area contributed by atoms with Crippen LogP contribution in [0.25, 0.3) is 0 Å². The van der Waals surface area contributed by atoms with E-state index in [1.165, 1.54) is 43.0 Å². The molecule has 6 nitrogen and oxygen atoms in total. The maximum Gasteiger partial charge on any atom is 0.234 e. The zero-order valence-electron chi connectivity index (χ0n) is 13.7. The zero-order valence-corrected chi connectivity index (χ0v) is 14.5. The SMILES string of the molecule is Cc1ccc(NC(=O)CSc2nnnn2[C@@H]2C[C@H]3CC[C@@H]2C3)cc1. The van der Waals surface area contributed by atoms with E-state index in [-0.39, 0.29) is 5.91 Å². The minimum absolute atomic E-state index is 0.0358. The fourth-order valence-electron chi connectivity index (χ4n) is 3.96. The standard InChI is InChI=1S/C17H21N5OS/c1-11-2-6-14(7-3-11)18-16(23)10-24-17-19-20-21-22(17)15-9-12-4-5-13(15)8-12/h2-3,6-7,12-13,15H,4-5,8-10H2,1H3,(H,18,23)/t12-,13+,15+/m0/s1. The first-order chi connectivity index (χ1) is 11.7. The Morgan fingerprint density at radius 2 is 2.12 bits per heavy atom. The van der Waals surface area contributed by atoms with E-state index in [0.29, 0.717) is 17.7 Å². The summed E-state index contributed by atoms with van der Waals surface area (Å²) in [6.07, 6.45) is 5.12. The lowest BCUT2D eigenvalue weighted by atomic mass is 9.96. The molecule has 1 N–H and O–H groups in total. The second kappa shape index (κ2) is 6.55. The quantitative estimate of drug-likeness (QED) is 0.845. The van der Waals surface area contributed by atoms with Crippen molar-refractivity contribution in [2.45, 2.75) is 43.8 Å². The summed E-state index contributed by atoms with van der Waals surface area (Å²) in [5.41, 5.74) is 1.99. The summed E-state index contributed by atoms with van der Waals surface area (Å²) in [7, 11) is 0. The van der Waals surface area contributed by atoms with Crippen LogP contribution < -0.4 is 5.32 Å². The van der Waals surface area contributed by atoms with Crippen LogP contribution >= 0.6 is 11.8 Å². The summed E-state index contributed by atoms with van der Waals surface area (Å²) in [4.78, 5) is 12.1. The van der Waals surface area contributed by atoms with Crippen LogP contribution in [0.5, 0.6) is 0 Å². The van der Waals surface area contributed by atoms with Gasteiger partial charge >= 0.3 is 0 Å². The highest BCUT2D eigenvalue weighted by atomic mass is 32.2. The van der Waals surface area contributed by atoms with E-state index in [1.807, 2.05) is 35.9 Å². The summed E-state index contributed by atoms with van der Waals surface area (Å²) in [5.74, 6) is 1.83. The zero-order chi connectivity index (χ0) is 16.5. The van der Waals surface area contributed by atoms with Gasteiger partial charge in [0.15, 0.2) is 0 Å². The molecule has 1 aromatic heterocycles. The van der Waals surface area contributed by atoms with E-state index in [0.717, 1.165) is 16.8 Å². The van der Waals surface area contributed by atoms with E-state index in [4.69, 9.17) is 0 Å². The summed E-state index contributed by atoms with van der Waals surface area (Å²) in [5, 5.41) is 15.8. The molecule has 0 saturated heterocycles. The lowest BCUT2D eigenvalue weighted by molar-refractivity contribution is -0.113. The number of nitrogens with one attached hydrogen (secondary N) is 1. The van der Waals surface area contributed by atoms with Crippen molar-refractivity contribution in [2.24, 2.45) is 11.8 Å². The number of fused-ring (bicyclic) bond motifs is 2. The van der Waals surface area contributed by atoms with Gasteiger partial charge in [0.05, 0.1) is 11.8 Å². The molecule has 2 saturated carbocycles. The molecule has 2 aliphatic rings. The molecule has 1 aromatic carbocycles. The maximum absolute atomic E-state index is 12.1. The molecule has 126 valence electrons. The molecule has 0 aliphatic heterocycles. The molecule has 2 aromatic rings. The molecule has 2 bridgehead atoms. The molecule has 3 atom stereocenters. The largest absolute Gasteiger partial charge is 0.325 e. The van der Waals surface area contributed by atoms with Gasteiger partial charge < -0.3 is 5.32 Å². The van der Waals surface area contributed by atoms with E-state index < -0.39 is 0 Å². The number of aromatic nitrogens is 4. The third-order valence-corrected chi connectivity index (χ3v) is 6.08. The number of carbonyl (C=O) groups excluding carboxylic acids is 1. The van der Waals surface area contributed by atoms with Gasteiger partial charge in [-0.25, -0.2) is 4.68 Å². The van der Waals surface area contributed by atoms with Crippen molar-refractivity contribution in [1.82, 2.24) is 20.2 Å². The van der Waals surface area contributed by atoms with Gasteiger partial charge in [0, 0.05) is 5.69 Å². The molecule has 2 fully saturated rings. The average Bonchev–Trinajstić information content (AvgIpc) is 3.31. The fraction of sp³-hybridized carbons (Fsp3) is 0.529. The average molecular weight is 343 g/mol. The number of nitrogens with zero attached hydrogens (tertiary/aromatic N) is 4. The fourth-order valence-corrected chi connectivity index (χ4v) is 4.69. The van der Waals surface area contributed by atoms with Gasteiger partial charge in [0.2, 0.25) is 11.1 Å². The van der Waals surface area contributed by atoms with E-state index in [9.17, 15) is 4.79 Å². The van der Waals surface area contributed by atoms with Crippen molar-refractivity contribution in [3.8, 4) is 0 Å². The number of amides is 1. The first-order valence-corrected chi connectivity index (χ1v) is 9.45. The van der Waals surface area contributed by atoms with E-state index in [2.05, 4.69) is 20.8 Å². The third-order valence-electron chi connectivity index (χ3n) is 5.15. The van der Waals surface area contributed by atoms with E-state index in [1.54, 1.807) is 0 Å². The highest BCUT2D eigenvalue weighted by molar-refractivity contribution is 7.99. The first kappa shape index (κ1) is 15.6. The monoisotopic (exact) mass is 343 g/mol. The number of tetrazole rings is 1. The van der Waals surface area contributed by atoms with Gasteiger partial charge in [-0.15, -0.1) is 5.10 Å². The van der Waals surface area contributed by atoms with Crippen molar-refractivity contribution >= 4 is 23.4 Å². The number of hydrogen-bond acceptors (Lipinski definition) is 5. The number of anilines is 1. The summed E-state index contributed by atoms with van der Waals surface area (Å²) < 4.78 is 1.95. The Bertz CT molecular complexity index is 729. The summed E-state index contributed by atoms with van der Waals surface area (Å²) in [6.45, 7) is 2.02. The van der Waals surface area contributed by atoms with Crippen LogP contribution in [0.2, 0.25) is 0 Å². The topological polar surface area (TPSA) is 72.7 Å². The molecule has 2 aliphatic carbocycles. The predicted octanol–water partition coefficient (Wildman–Crippen LogP) is 3.07. The summed E-state index contributed by atoms with van der Waals surface area (Å²) >= 11 is 1.41. The van der Waals surface area contributed by atoms with Gasteiger partial charge in [-0.3, -0.25) is 4.79 Å². The first-order valence-electron chi connectivity index (χ1n) is 8.46. The second-order valence-electron chi connectivity index (χ2n) is 6.85. The van der Waals surface area contributed by atoms with Gasteiger partial charge in [0.1, 0.15) is 0 Å². The van der Waals surface area contributed by atoms with Gasteiger partial charge in [0.25, 0.3) is 0 Å². The highest BCUT2D eigenvalue weighted by Crippen LogP contribution is 2.50. The van der Waals surface area contributed by atoms with Crippen molar-refractivity contribution < 1.29 is 4.79 Å². The Labute approximate surface area is 145 Å². The van der Waals surface area contributed by atoms with Crippen LogP contribution in [0.15, 0.2) is 29.4 Å².